The lowest BCUT2D eigenvalue weighted by Gasteiger charge is -2.17. The van der Waals surface area contributed by atoms with Crippen LogP contribution in [0.3, 0.4) is 0 Å². The number of benzene rings is 1. The standard InChI is InChI=1S/C16H19F2N3/c1-4-19-15-13(17)9-14(18)16(21-15)20-11(3)12-7-5-10(2)6-8-12/h5-9,11H,4H2,1-3H3,(H2,19,20,21). The molecule has 0 aliphatic carbocycles. The summed E-state index contributed by atoms with van der Waals surface area (Å²) in [6.45, 7) is 6.25. The normalized spacial score (nSPS) is 12.0. The molecule has 5 heteroatoms. The Morgan fingerprint density at radius 3 is 2.33 bits per heavy atom. The minimum atomic E-state index is -0.701. The van der Waals surface area contributed by atoms with Crippen LogP contribution < -0.4 is 10.6 Å². The van der Waals surface area contributed by atoms with E-state index in [1.54, 1.807) is 0 Å². The number of rotatable bonds is 5. The summed E-state index contributed by atoms with van der Waals surface area (Å²) in [7, 11) is 0. The molecule has 21 heavy (non-hydrogen) atoms. The van der Waals surface area contributed by atoms with E-state index < -0.39 is 11.6 Å². The SMILES string of the molecule is CCNc1nc(NC(C)c2ccc(C)cc2)c(F)cc1F. The molecule has 3 nitrogen and oxygen atoms in total. The fourth-order valence-corrected chi connectivity index (χ4v) is 2.00. The monoisotopic (exact) mass is 291 g/mol. The maximum Gasteiger partial charge on any atom is 0.168 e. The first-order valence-corrected chi connectivity index (χ1v) is 6.94. The second kappa shape index (κ2) is 6.52. The molecule has 2 rings (SSSR count). The van der Waals surface area contributed by atoms with E-state index in [1.807, 2.05) is 45.0 Å². The second-order valence-corrected chi connectivity index (χ2v) is 4.96. The van der Waals surface area contributed by atoms with Gasteiger partial charge in [-0.05, 0) is 26.3 Å². The van der Waals surface area contributed by atoms with E-state index in [4.69, 9.17) is 0 Å². The van der Waals surface area contributed by atoms with E-state index in [9.17, 15) is 8.78 Å². The van der Waals surface area contributed by atoms with E-state index in [0.717, 1.165) is 17.2 Å². The zero-order valence-electron chi connectivity index (χ0n) is 12.4. The number of halogens is 2. The van der Waals surface area contributed by atoms with Gasteiger partial charge in [0.25, 0.3) is 0 Å². The number of aromatic nitrogens is 1. The van der Waals surface area contributed by atoms with Gasteiger partial charge in [0.05, 0.1) is 6.04 Å². The Balaban J connectivity index is 2.22. The van der Waals surface area contributed by atoms with Gasteiger partial charge in [-0.3, -0.25) is 0 Å². The minimum Gasteiger partial charge on any atom is -0.368 e. The smallest absolute Gasteiger partial charge is 0.168 e. The zero-order chi connectivity index (χ0) is 15.4. The highest BCUT2D eigenvalue weighted by molar-refractivity contribution is 5.48. The Morgan fingerprint density at radius 1 is 1.10 bits per heavy atom. The molecular formula is C16H19F2N3. The number of nitrogens with zero attached hydrogens (tertiary/aromatic N) is 1. The molecule has 0 aliphatic heterocycles. The predicted molar refractivity (Wildman–Crippen MR) is 81.5 cm³/mol. The molecule has 0 spiro atoms. The Morgan fingerprint density at radius 2 is 1.71 bits per heavy atom. The summed E-state index contributed by atoms with van der Waals surface area (Å²) in [5, 5.41) is 5.75. The molecule has 0 bridgehead atoms. The lowest BCUT2D eigenvalue weighted by Crippen LogP contribution is -2.12. The van der Waals surface area contributed by atoms with Gasteiger partial charge in [-0.25, -0.2) is 13.8 Å². The molecule has 0 radical (unpaired) electrons. The highest BCUT2D eigenvalue weighted by atomic mass is 19.1. The van der Waals surface area contributed by atoms with Crippen molar-refractivity contribution in [2.75, 3.05) is 17.2 Å². The van der Waals surface area contributed by atoms with E-state index in [2.05, 4.69) is 15.6 Å². The lowest BCUT2D eigenvalue weighted by atomic mass is 10.1. The van der Waals surface area contributed by atoms with Crippen molar-refractivity contribution in [3.05, 3.63) is 53.1 Å². The van der Waals surface area contributed by atoms with Crippen LogP contribution >= 0.6 is 0 Å². The van der Waals surface area contributed by atoms with Crippen molar-refractivity contribution in [2.24, 2.45) is 0 Å². The van der Waals surface area contributed by atoms with Gasteiger partial charge >= 0.3 is 0 Å². The van der Waals surface area contributed by atoms with Crippen molar-refractivity contribution in [1.82, 2.24) is 4.98 Å². The molecule has 1 aromatic carbocycles. The van der Waals surface area contributed by atoms with Crippen LogP contribution in [0.25, 0.3) is 0 Å². The van der Waals surface area contributed by atoms with Gasteiger partial charge in [0.1, 0.15) is 0 Å². The van der Waals surface area contributed by atoms with Crippen molar-refractivity contribution in [3.63, 3.8) is 0 Å². The van der Waals surface area contributed by atoms with E-state index in [-0.39, 0.29) is 17.7 Å². The van der Waals surface area contributed by atoms with Gasteiger partial charge in [0, 0.05) is 12.6 Å². The van der Waals surface area contributed by atoms with Crippen molar-refractivity contribution in [2.45, 2.75) is 26.8 Å². The molecule has 0 saturated carbocycles. The molecule has 1 unspecified atom stereocenters. The highest BCUT2D eigenvalue weighted by Gasteiger charge is 2.14. The highest BCUT2D eigenvalue weighted by Crippen LogP contribution is 2.23. The zero-order valence-corrected chi connectivity index (χ0v) is 12.4. The quantitative estimate of drug-likeness (QED) is 0.863. The van der Waals surface area contributed by atoms with Gasteiger partial charge in [-0.1, -0.05) is 29.8 Å². The third kappa shape index (κ3) is 3.68. The van der Waals surface area contributed by atoms with Gasteiger partial charge in [-0.15, -0.1) is 0 Å². The molecule has 0 fully saturated rings. The summed E-state index contributed by atoms with van der Waals surface area (Å²) in [4.78, 5) is 3.97. The Hall–Kier alpha value is -2.17. The van der Waals surface area contributed by atoms with Gasteiger partial charge in [0.15, 0.2) is 23.3 Å². The van der Waals surface area contributed by atoms with Crippen LogP contribution in [0, 0.1) is 18.6 Å². The Bertz CT molecular complexity index is 612. The van der Waals surface area contributed by atoms with Gasteiger partial charge < -0.3 is 10.6 Å². The first-order valence-electron chi connectivity index (χ1n) is 6.94. The molecule has 0 saturated heterocycles. The number of anilines is 2. The molecular weight excluding hydrogens is 272 g/mol. The molecule has 1 atom stereocenters. The van der Waals surface area contributed by atoms with Crippen LogP contribution in [0.2, 0.25) is 0 Å². The molecule has 112 valence electrons. The largest absolute Gasteiger partial charge is 0.368 e. The number of hydrogen-bond acceptors (Lipinski definition) is 3. The van der Waals surface area contributed by atoms with Crippen LogP contribution in [0.15, 0.2) is 30.3 Å². The van der Waals surface area contributed by atoms with Crippen LogP contribution in [0.5, 0.6) is 0 Å². The second-order valence-electron chi connectivity index (χ2n) is 4.96. The number of nitrogens with one attached hydrogen (secondary N) is 2. The van der Waals surface area contributed by atoms with Crippen molar-refractivity contribution >= 4 is 11.6 Å². The first kappa shape index (κ1) is 15.2. The summed E-state index contributed by atoms with van der Waals surface area (Å²) in [5.74, 6) is -1.30. The van der Waals surface area contributed by atoms with Crippen molar-refractivity contribution in [1.29, 1.82) is 0 Å². The van der Waals surface area contributed by atoms with E-state index >= 15 is 0 Å². The first-order chi connectivity index (χ1) is 10.0. The summed E-state index contributed by atoms with van der Waals surface area (Å²) in [6, 6.07) is 8.64. The molecule has 0 amide bonds. The Kier molecular flexibility index (Phi) is 4.73. The van der Waals surface area contributed by atoms with Gasteiger partial charge in [0.2, 0.25) is 0 Å². The lowest BCUT2D eigenvalue weighted by molar-refractivity contribution is 0.576. The van der Waals surface area contributed by atoms with E-state index in [0.29, 0.717) is 6.54 Å². The average molecular weight is 291 g/mol. The molecule has 1 aromatic heterocycles. The molecule has 2 N–H and O–H groups in total. The maximum atomic E-state index is 13.8. The summed E-state index contributed by atoms with van der Waals surface area (Å²) in [5.41, 5.74) is 2.17. The van der Waals surface area contributed by atoms with Crippen LogP contribution in [0.4, 0.5) is 20.4 Å². The topological polar surface area (TPSA) is 37.0 Å². The number of aryl methyl sites for hydroxylation is 1. The van der Waals surface area contributed by atoms with E-state index in [1.165, 1.54) is 0 Å². The summed E-state index contributed by atoms with van der Waals surface area (Å²) >= 11 is 0. The van der Waals surface area contributed by atoms with Crippen LogP contribution in [-0.4, -0.2) is 11.5 Å². The van der Waals surface area contributed by atoms with Gasteiger partial charge in [-0.2, -0.15) is 0 Å². The molecule has 0 aliphatic rings. The Labute approximate surface area is 123 Å². The number of pyridine rings is 1. The predicted octanol–water partition coefficient (Wildman–Crippen LogP) is 4.27. The third-order valence-corrected chi connectivity index (χ3v) is 3.20. The van der Waals surface area contributed by atoms with Crippen molar-refractivity contribution < 1.29 is 8.78 Å². The summed E-state index contributed by atoms with van der Waals surface area (Å²) in [6.07, 6.45) is 0. The minimum absolute atomic E-state index is 0.0421. The fraction of sp³-hybridized carbons (Fsp3) is 0.312. The third-order valence-electron chi connectivity index (χ3n) is 3.20. The molecule has 1 heterocycles. The summed E-state index contributed by atoms with van der Waals surface area (Å²) < 4.78 is 27.3. The average Bonchev–Trinajstić information content (AvgIpc) is 2.45. The van der Waals surface area contributed by atoms with Crippen LogP contribution in [0.1, 0.15) is 31.0 Å². The van der Waals surface area contributed by atoms with Crippen molar-refractivity contribution in [3.8, 4) is 0 Å². The molecule has 2 aromatic rings. The fourth-order valence-electron chi connectivity index (χ4n) is 2.00. The number of hydrogen-bond donors (Lipinski definition) is 2. The van der Waals surface area contributed by atoms with Crippen LogP contribution in [-0.2, 0) is 0 Å². The maximum absolute atomic E-state index is 13.8.